The van der Waals surface area contributed by atoms with E-state index in [9.17, 15) is 13.2 Å². The van der Waals surface area contributed by atoms with Crippen molar-refractivity contribution >= 4 is 33.2 Å². The Balaban J connectivity index is 2.15. The summed E-state index contributed by atoms with van der Waals surface area (Å²) in [6, 6.07) is 9.54. The van der Waals surface area contributed by atoms with Crippen LogP contribution in [-0.2, 0) is 14.8 Å². The number of anilines is 1. The molecule has 0 saturated carbocycles. The Morgan fingerprint density at radius 2 is 1.81 bits per heavy atom. The third-order valence-corrected chi connectivity index (χ3v) is 5.97. The molecule has 0 fully saturated rings. The van der Waals surface area contributed by atoms with Crippen LogP contribution in [0.1, 0.15) is 24.5 Å². The number of nitrogens with one attached hydrogen (secondary N) is 1. The molecule has 0 unspecified atom stereocenters. The first-order valence-electron chi connectivity index (χ1n) is 9.88. The Morgan fingerprint density at radius 1 is 1.16 bits per heavy atom. The van der Waals surface area contributed by atoms with Gasteiger partial charge in [-0.05, 0) is 61.7 Å². The third-order valence-electron chi connectivity index (χ3n) is 4.57. The van der Waals surface area contributed by atoms with Gasteiger partial charge in [0.1, 0.15) is 24.1 Å². The molecule has 0 heterocycles. The lowest BCUT2D eigenvalue weighted by Gasteiger charge is -2.31. The first-order valence-corrected chi connectivity index (χ1v) is 12.1. The van der Waals surface area contributed by atoms with Gasteiger partial charge in [-0.1, -0.05) is 24.6 Å². The lowest BCUT2D eigenvalue weighted by atomic mass is 10.1. The van der Waals surface area contributed by atoms with E-state index in [0.717, 1.165) is 27.4 Å². The Bertz CT molecular complexity index is 1010. The number of carbonyl (C=O) groups excluding carboxylic acids is 1. The van der Waals surface area contributed by atoms with Gasteiger partial charge in [0.2, 0.25) is 15.9 Å². The highest BCUT2D eigenvalue weighted by atomic mass is 35.5. The molecule has 170 valence electrons. The van der Waals surface area contributed by atoms with E-state index in [0.29, 0.717) is 10.8 Å². The van der Waals surface area contributed by atoms with Gasteiger partial charge < -0.3 is 14.8 Å². The van der Waals surface area contributed by atoms with Gasteiger partial charge in [0, 0.05) is 5.02 Å². The largest absolute Gasteiger partial charge is 0.495 e. The van der Waals surface area contributed by atoms with Crippen LogP contribution in [0, 0.1) is 13.8 Å². The molecule has 9 heteroatoms. The summed E-state index contributed by atoms with van der Waals surface area (Å²) in [5.41, 5.74) is 2.39. The molecule has 0 aliphatic rings. The molecule has 0 radical (unpaired) electrons. The van der Waals surface area contributed by atoms with Crippen molar-refractivity contribution in [3.05, 3.63) is 52.5 Å². The van der Waals surface area contributed by atoms with E-state index >= 15 is 0 Å². The van der Waals surface area contributed by atoms with Crippen LogP contribution in [0.3, 0.4) is 0 Å². The highest BCUT2D eigenvalue weighted by Crippen LogP contribution is 2.34. The molecule has 7 nitrogen and oxygen atoms in total. The van der Waals surface area contributed by atoms with Crippen molar-refractivity contribution in [2.45, 2.75) is 33.2 Å². The summed E-state index contributed by atoms with van der Waals surface area (Å²) in [5.74, 6) is 0.596. The van der Waals surface area contributed by atoms with Gasteiger partial charge in [-0.15, -0.1) is 0 Å². The van der Waals surface area contributed by atoms with Gasteiger partial charge >= 0.3 is 0 Å². The minimum atomic E-state index is -3.80. The molecule has 2 aromatic carbocycles. The van der Waals surface area contributed by atoms with Crippen molar-refractivity contribution in [3.63, 3.8) is 0 Å². The number of ether oxygens (including phenoxy) is 2. The summed E-state index contributed by atoms with van der Waals surface area (Å²) >= 11 is 6.08. The predicted molar refractivity (Wildman–Crippen MR) is 124 cm³/mol. The van der Waals surface area contributed by atoms with Crippen LogP contribution in [0.2, 0.25) is 5.02 Å². The number of methoxy groups -OCH3 is 1. The molecule has 2 aromatic rings. The summed E-state index contributed by atoms with van der Waals surface area (Å²) in [6.07, 6.45) is 1.30. The number of hydrogen-bond acceptors (Lipinski definition) is 5. The fourth-order valence-electron chi connectivity index (χ4n) is 3.35. The SMILES string of the molecule is CC[C@H](C(=O)NCCOc1cc(C)cc(C)c1)N(c1cc(Cl)ccc1OC)S(C)(=O)=O. The van der Waals surface area contributed by atoms with Crippen molar-refractivity contribution in [2.24, 2.45) is 0 Å². The Labute approximate surface area is 189 Å². The zero-order valence-electron chi connectivity index (χ0n) is 18.4. The number of benzene rings is 2. The molecule has 0 aliphatic heterocycles. The second-order valence-corrected chi connectivity index (χ2v) is 9.56. The van der Waals surface area contributed by atoms with Crippen LogP contribution in [0.25, 0.3) is 0 Å². The average molecular weight is 469 g/mol. The predicted octanol–water partition coefficient (Wildman–Crippen LogP) is 3.71. The Kier molecular flexibility index (Phi) is 8.59. The summed E-state index contributed by atoms with van der Waals surface area (Å²) in [5, 5.41) is 3.10. The molecular formula is C22H29ClN2O5S. The van der Waals surface area contributed by atoms with E-state index in [1.807, 2.05) is 32.0 Å². The van der Waals surface area contributed by atoms with Crippen LogP contribution < -0.4 is 19.1 Å². The van der Waals surface area contributed by atoms with Crippen molar-refractivity contribution in [1.82, 2.24) is 5.32 Å². The lowest BCUT2D eigenvalue weighted by molar-refractivity contribution is -0.122. The normalized spacial score (nSPS) is 12.2. The second-order valence-electron chi connectivity index (χ2n) is 7.26. The smallest absolute Gasteiger partial charge is 0.244 e. The fourth-order valence-corrected chi connectivity index (χ4v) is 4.72. The molecule has 2 rings (SSSR count). The highest BCUT2D eigenvalue weighted by molar-refractivity contribution is 7.92. The molecule has 1 atom stereocenters. The number of carbonyl (C=O) groups is 1. The van der Waals surface area contributed by atoms with Crippen LogP contribution in [0.15, 0.2) is 36.4 Å². The number of sulfonamides is 1. The molecule has 0 aliphatic carbocycles. The van der Waals surface area contributed by atoms with E-state index in [2.05, 4.69) is 5.32 Å². The standard InChI is InChI=1S/C22H29ClN2O5S/c1-6-19(22(26)24-9-10-30-18-12-15(2)11-16(3)13-18)25(31(5,27)28)20-14-17(23)7-8-21(20)29-4/h7-8,11-14,19H,6,9-10H2,1-5H3,(H,24,26)/t19-/m1/s1. The Hall–Kier alpha value is -2.45. The number of nitrogens with zero attached hydrogens (tertiary/aromatic N) is 1. The van der Waals surface area contributed by atoms with Gasteiger partial charge in [0.15, 0.2) is 0 Å². The van der Waals surface area contributed by atoms with Crippen molar-refractivity contribution in [3.8, 4) is 11.5 Å². The van der Waals surface area contributed by atoms with E-state index < -0.39 is 22.0 Å². The fraction of sp³-hybridized carbons (Fsp3) is 0.409. The number of halogens is 1. The number of rotatable bonds is 10. The van der Waals surface area contributed by atoms with Gasteiger partial charge in [0.25, 0.3) is 0 Å². The lowest BCUT2D eigenvalue weighted by Crippen LogP contribution is -2.50. The molecule has 0 aromatic heterocycles. The molecule has 1 N–H and O–H groups in total. The van der Waals surface area contributed by atoms with E-state index in [1.54, 1.807) is 19.1 Å². The topological polar surface area (TPSA) is 84.9 Å². The number of aryl methyl sites for hydroxylation is 2. The maximum Gasteiger partial charge on any atom is 0.244 e. The minimum Gasteiger partial charge on any atom is -0.495 e. The van der Waals surface area contributed by atoms with Gasteiger partial charge in [-0.25, -0.2) is 8.42 Å². The first-order chi connectivity index (χ1) is 14.6. The van der Waals surface area contributed by atoms with Gasteiger partial charge in [0.05, 0.1) is 25.6 Å². The zero-order chi connectivity index (χ0) is 23.2. The summed E-state index contributed by atoms with van der Waals surface area (Å²) in [7, 11) is -2.38. The summed E-state index contributed by atoms with van der Waals surface area (Å²) in [6.45, 7) is 6.19. The molecule has 0 saturated heterocycles. The van der Waals surface area contributed by atoms with Crippen molar-refractivity contribution in [1.29, 1.82) is 0 Å². The molecule has 1 amide bonds. The maximum atomic E-state index is 12.9. The zero-order valence-corrected chi connectivity index (χ0v) is 20.0. The number of hydrogen-bond donors (Lipinski definition) is 1. The maximum absolute atomic E-state index is 12.9. The monoisotopic (exact) mass is 468 g/mol. The number of amides is 1. The third kappa shape index (κ3) is 6.77. The van der Waals surface area contributed by atoms with E-state index in [4.69, 9.17) is 21.1 Å². The highest BCUT2D eigenvalue weighted by Gasteiger charge is 2.33. The molecule has 0 bridgehead atoms. The van der Waals surface area contributed by atoms with Crippen LogP contribution in [0.4, 0.5) is 5.69 Å². The molecular weight excluding hydrogens is 440 g/mol. The van der Waals surface area contributed by atoms with E-state index in [-0.39, 0.29) is 25.3 Å². The van der Waals surface area contributed by atoms with Crippen molar-refractivity contribution in [2.75, 3.05) is 30.8 Å². The van der Waals surface area contributed by atoms with Gasteiger partial charge in [-0.3, -0.25) is 9.10 Å². The van der Waals surface area contributed by atoms with Gasteiger partial charge in [-0.2, -0.15) is 0 Å². The Morgan fingerprint density at radius 3 is 2.35 bits per heavy atom. The van der Waals surface area contributed by atoms with Crippen LogP contribution in [-0.4, -0.2) is 46.9 Å². The minimum absolute atomic E-state index is 0.214. The second kappa shape index (κ2) is 10.7. The molecule has 0 spiro atoms. The van der Waals surface area contributed by atoms with Crippen LogP contribution in [0.5, 0.6) is 11.5 Å². The average Bonchev–Trinajstić information content (AvgIpc) is 2.67. The summed E-state index contributed by atoms with van der Waals surface area (Å²) < 4.78 is 37.3. The first kappa shape index (κ1) is 24.8. The quantitative estimate of drug-likeness (QED) is 0.537. The molecule has 31 heavy (non-hydrogen) atoms. The van der Waals surface area contributed by atoms with Crippen molar-refractivity contribution < 1.29 is 22.7 Å². The summed E-state index contributed by atoms with van der Waals surface area (Å²) in [4.78, 5) is 12.9. The van der Waals surface area contributed by atoms with Crippen LogP contribution >= 0.6 is 11.6 Å². The van der Waals surface area contributed by atoms with E-state index in [1.165, 1.54) is 13.2 Å².